The molecule has 0 saturated carbocycles. The molecule has 0 fully saturated rings. The summed E-state index contributed by atoms with van der Waals surface area (Å²) in [5.74, 6) is 0.112. The van der Waals surface area contributed by atoms with Crippen LogP contribution in [-0.4, -0.2) is 26.5 Å². The van der Waals surface area contributed by atoms with Crippen LogP contribution in [0.25, 0.3) is 0 Å². The SMILES string of the molecule is Cc1c(N)cccc1NC(C)CS(C)(=O)=O. The van der Waals surface area contributed by atoms with E-state index < -0.39 is 9.84 Å². The fraction of sp³-hybridized carbons (Fsp3) is 0.455. The van der Waals surface area contributed by atoms with Crippen molar-refractivity contribution >= 4 is 21.2 Å². The van der Waals surface area contributed by atoms with Crippen molar-refractivity contribution in [1.29, 1.82) is 0 Å². The first-order valence-corrected chi connectivity index (χ1v) is 7.15. The van der Waals surface area contributed by atoms with Gasteiger partial charge in [0.1, 0.15) is 9.84 Å². The Balaban J connectivity index is 2.77. The summed E-state index contributed by atoms with van der Waals surface area (Å²) in [6.45, 7) is 3.74. The van der Waals surface area contributed by atoms with Gasteiger partial charge in [-0.15, -0.1) is 0 Å². The molecule has 1 rings (SSSR count). The molecule has 0 bridgehead atoms. The first-order chi connectivity index (χ1) is 7.29. The van der Waals surface area contributed by atoms with Gasteiger partial charge in [0.2, 0.25) is 0 Å². The second kappa shape index (κ2) is 4.74. The monoisotopic (exact) mass is 242 g/mol. The summed E-state index contributed by atoms with van der Waals surface area (Å²) in [5.41, 5.74) is 8.30. The molecule has 16 heavy (non-hydrogen) atoms. The average molecular weight is 242 g/mol. The van der Waals surface area contributed by atoms with Gasteiger partial charge in [0.15, 0.2) is 0 Å². The van der Waals surface area contributed by atoms with E-state index in [1.807, 2.05) is 32.0 Å². The topological polar surface area (TPSA) is 72.2 Å². The van der Waals surface area contributed by atoms with E-state index in [4.69, 9.17) is 5.73 Å². The molecule has 1 atom stereocenters. The minimum Gasteiger partial charge on any atom is -0.398 e. The lowest BCUT2D eigenvalue weighted by Gasteiger charge is -2.16. The van der Waals surface area contributed by atoms with Gasteiger partial charge in [-0.3, -0.25) is 0 Å². The second-order valence-corrected chi connectivity index (χ2v) is 6.34. The molecule has 5 heteroatoms. The molecule has 0 heterocycles. The third-order valence-electron chi connectivity index (χ3n) is 2.33. The second-order valence-electron chi connectivity index (χ2n) is 4.16. The first kappa shape index (κ1) is 12.8. The fourth-order valence-electron chi connectivity index (χ4n) is 1.57. The molecule has 3 N–H and O–H groups in total. The third kappa shape index (κ3) is 3.73. The fourth-order valence-corrected chi connectivity index (χ4v) is 2.56. The largest absolute Gasteiger partial charge is 0.398 e. The van der Waals surface area contributed by atoms with Gasteiger partial charge in [0.25, 0.3) is 0 Å². The molecule has 0 amide bonds. The van der Waals surface area contributed by atoms with Crippen molar-refractivity contribution in [2.45, 2.75) is 19.9 Å². The van der Waals surface area contributed by atoms with E-state index in [0.29, 0.717) is 5.69 Å². The standard InChI is InChI=1S/C11H18N2O2S/c1-8(7-16(3,14)15)13-11-6-4-5-10(12)9(11)2/h4-6,8,13H,7,12H2,1-3H3. The minimum atomic E-state index is -2.96. The molecule has 0 aliphatic rings. The smallest absolute Gasteiger partial charge is 0.149 e. The van der Waals surface area contributed by atoms with Crippen LogP contribution in [0.5, 0.6) is 0 Å². The van der Waals surface area contributed by atoms with Gasteiger partial charge >= 0.3 is 0 Å². The summed E-state index contributed by atoms with van der Waals surface area (Å²) < 4.78 is 22.2. The van der Waals surface area contributed by atoms with Crippen LogP contribution in [0.15, 0.2) is 18.2 Å². The van der Waals surface area contributed by atoms with Gasteiger partial charge in [0, 0.05) is 23.7 Å². The van der Waals surface area contributed by atoms with Crippen molar-refractivity contribution in [2.24, 2.45) is 0 Å². The van der Waals surface area contributed by atoms with Gasteiger partial charge in [-0.1, -0.05) is 6.07 Å². The quantitative estimate of drug-likeness (QED) is 0.783. The molecule has 1 aromatic rings. The van der Waals surface area contributed by atoms with Crippen LogP contribution in [0.3, 0.4) is 0 Å². The van der Waals surface area contributed by atoms with Crippen molar-refractivity contribution < 1.29 is 8.42 Å². The Morgan fingerprint density at radius 2 is 2.06 bits per heavy atom. The third-order valence-corrected chi connectivity index (χ3v) is 3.44. The molecule has 90 valence electrons. The Morgan fingerprint density at radius 1 is 1.44 bits per heavy atom. The molecule has 0 radical (unpaired) electrons. The van der Waals surface area contributed by atoms with E-state index in [0.717, 1.165) is 11.3 Å². The Morgan fingerprint density at radius 3 is 2.62 bits per heavy atom. The zero-order valence-corrected chi connectivity index (χ0v) is 10.6. The maximum atomic E-state index is 11.1. The van der Waals surface area contributed by atoms with Crippen LogP contribution in [0.1, 0.15) is 12.5 Å². The molecule has 0 spiro atoms. The van der Waals surface area contributed by atoms with Gasteiger partial charge < -0.3 is 11.1 Å². The van der Waals surface area contributed by atoms with Crippen LogP contribution in [0.2, 0.25) is 0 Å². The highest BCUT2D eigenvalue weighted by Crippen LogP contribution is 2.21. The lowest BCUT2D eigenvalue weighted by molar-refractivity contribution is 0.598. The van der Waals surface area contributed by atoms with Gasteiger partial charge in [-0.25, -0.2) is 8.42 Å². The molecule has 4 nitrogen and oxygen atoms in total. The Hall–Kier alpha value is -1.23. The van der Waals surface area contributed by atoms with Crippen molar-refractivity contribution in [3.63, 3.8) is 0 Å². The van der Waals surface area contributed by atoms with Gasteiger partial charge in [-0.2, -0.15) is 0 Å². The van der Waals surface area contributed by atoms with Crippen molar-refractivity contribution in [3.8, 4) is 0 Å². The number of rotatable bonds is 4. The molecular formula is C11H18N2O2S. The van der Waals surface area contributed by atoms with Crippen molar-refractivity contribution in [1.82, 2.24) is 0 Å². The molecule has 1 unspecified atom stereocenters. The summed E-state index contributed by atoms with van der Waals surface area (Å²) >= 11 is 0. The Kier molecular flexibility index (Phi) is 3.80. The number of sulfone groups is 1. The van der Waals surface area contributed by atoms with Crippen LogP contribution >= 0.6 is 0 Å². The molecule has 0 aromatic heterocycles. The highest BCUT2D eigenvalue weighted by atomic mass is 32.2. The zero-order chi connectivity index (χ0) is 12.3. The minimum absolute atomic E-state index is 0.112. The van der Waals surface area contributed by atoms with E-state index in [9.17, 15) is 8.42 Å². The maximum absolute atomic E-state index is 11.1. The zero-order valence-electron chi connectivity index (χ0n) is 9.82. The highest BCUT2D eigenvalue weighted by molar-refractivity contribution is 7.90. The van der Waals surface area contributed by atoms with Crippen molar-refractivity contribution in [2.75, 3.05) is 23.1 Å². The summed E-state index contributed by atoms with van der Waals surface area (Å²) in [4.78, 5) is 0. The normalized spacial score (nSPS) is 13.4. The predicted octanol–water partition coefficient (Wildman–Crippen LogP) is 1.42. The predicted molar refractivity (Wildman–Crippen MR) is 68.4 cm³/mol. The molecule has 0 aliphatic heterocycles. The summed E-state index contributed by atoms with van der Waals surface area (Å²) in [7, 11) is -2.96. The van der Waals surface area contributed by atoms with E-state index in [1.165, 1.54) is 6.26 Å². The average Bonchev–Trinajstić information content (AvgIpc) is 2.09. The Labute approximate surface area is 96.8 Å². The highest BCUT2D eigenvalue weighted by Gasteiger charge is 2.11. The van der Waals surface area contributed by atoms with E-state index >= 15 is 0 Å². The number of hydrogen-bond donors (Lipinski definition) is 2. The van der Waals surface area contributed by atoms with Gasteiger partial charge in [0.05, 0.1) is 5.75 Å². The van der Waals surface area contributed by atoms with E-state index in [1.54, 1.807) is 0 Å². The van der Waals surface area contributed by atoms with Crippen molar-refractivity contribution in [3.05, 3.63) is 23.8 Å². The maximum Gasteiger partial charge on any atom is 0.149 e. The number of hydrogen-bond acceptors (Lipinski definition) is 4. The van der Waals surface area contributed by atoms with E-state index in [-0.39, 0.29) is 11.8 Å². The lowest BCUT2D eigenvalue weighted by Crippen LogP contribution is -2.25. The number of nitrogen functional groups attached to an aromatic ring is 1. The van der Waals surface area contributed by atoms with Crippen LogP contribution in [0.4, 0.5) is 11.4 Å². The summed E-state index contributed by atoms with van der Waals surface area (Å²) in [5, 5.41) is 3.15. The van der Waals surface area contributed by atoms with Crippen LogP contribution in [0, 0.1) is 6.92 Å². The summed E-state index contributed by atoms with van der Waals surface area (Å²) in [6.07, 6.45) is 1.23. The molecule has 1 aromatic carbocycles. The van der Waals surface area contributed by atoms with Gasteiger partial charge in [-0.05, 0) is 31.5 Å². The lowest BCUT2D eigenvalue weighted by atomic mass is 10.1. The summed E-state index contributed by atoms with van der Waals surface area (Å²) in [6, 6.07) is 5.43. The van der Waals surface area contributed by atoms with Crippen LogP contribution < -0.4 is 11.1 Å². The number of anilines is 2. The first-order valence-electron chi connectivity index (χ1n) is 5.09. The molecule has 0 aliphatic carbocycles. The number of benzene rings is 1. The number of nitrogens with two attached hydrogens (primary N) is 1. The molecular weight excluding hydrogens is 224 g/mol. The van der Waals surface area contributed by atoms with E-state index in [2.05, 4.69) is 5.32 Å². The van der Waals surface area contributed by atoms with Crippen LogP contribution in [-0.2, 0) is 9.84 Å². The number of nitrogens with one attached hydrogen (secondary N) is 1. The Bertz CT molecular complexity index is 469. The molecule has 0 saturated heterocycles.